The molecule has 1 heterocycles. The lowest BCUT2D eigenvalue weighted by Crippen LogP contribution is -2.08. The first-order valence-electron chi connectivity index (χ1n) is 11.2. The van der Waals surface area contributed by atoms with E-state index >= 15 is 0 Å². The first kappa shape index (κ1) is 25.6. The molecule has 0 fully saturated rings. The first-order valence-corrected chi connectivity index (χ1v) is 11.2. The summed E-state index contributed by atoms with van der Waals surface area (Å²) >= 11 is 0. The lowest BCUT2D eigenvalue weighted by atomic mass is 10.1. The second kappa shape index (κ2) is 11.5. The summed E-state index contributed by atoms with van der Waals surface area (Å²) < 4.78 is 51.7. The van der Waals surface area contributed by atoms with Gasteiger partial charge in [0.25, 0.3) is 0 Å². The second-order valence-electron chi connectivity index (χ2n) is 7.83. The molecule has 4 aromatic rings. The van der Waals surface area contributed by atoms with E-state index < -0.39 is 11.7 Å². The van der Waals surface area contributed by atoms with E-state index in [-0.39, 0.29) is 29.9 Å². The van der Waals surface area contributed by atoms with E-state index in [1.165, 1.54) is 30.0 Å². The molecule has 37 heavy (non-hydrogen) atoms. The van der Waals surface area contributed by atoms with Crippen LogP contribution in [0.2, 0.25) is 0 Å². The molecule has 1 N–H and O–H groups in total. The Bertz CT molecular complexity index is 1370. The van der Waals surface area contributed by atoms with Gasteiger partial charge < -0.3 is 14.8 Å². The molecule has 0 aliphatic heterocycles. The van der Waals surface area contributed by atoms with E-state index in [0.29, 0.717) is 18.0 Å². The third-order valence-electron chi connectivity index (χ3n) is 5.16. The Balaban J connectivity index is 1.58. The highest BCUT2D eigenvalue weighted by molar-refractivity contribution is 6.01. The van der Waals surface area contributed by atoms with Gasteiger partial charge in [-0.05, 0) is 48.0 Å². The highest BCUT2D eigenvalue weighted by Gasteiger charge is 2.31. The number of benzene rings is 3. The molecule has 190 valence electrons. The number of aromatic nitrogens is 3. The highest BCUT2D eigenvalue weighted by atomic mass is 19.4. The Kier molecular flexibility index (Phi) is 7.99. The van der Waals surface area contributed by atoms with Crippen LogP contribution in [0, 0.1) is 0 Å². The second-order valence-corrected chi connectivity index (χ2v) is 7.83. The van der Waals surface area contributed by atoms with Crippen LogP contribution in [0.3, 0.4) is 0 Å². The Labute approximate surface area is 211 Å². The summed E-state index contributed by atoms with van der Waals surface area (Å²) in [7, 11) is 1.52. The van der Waals surface area contributed by atoms with Crippen LogP contribution in [0.4, 0.5) is 18.9 Å². The number of hydrogen-bond donors (Lipinski definition) is 1. The molecule has 0 saturated carbocycles. The number of carbonyl (C=O) groups excluding carboxylic acids is 1. The van der Waals surface area contributed by atoms with E-state index in [9.17, 15) is 18.0 Å². The van der Waals surface area contributed by atoms with Crippen LogP contribution in [0.1, 0.15) is 11.1 Å². The van der Waals surface area contributed by atoms with Gasteiger partial charge in [-0.3, -0.25) is 4.79 Å². The third-order valence-corrected chi connectivity index (χ3v) is 5.16. The van der Waals surface area contributed by atoms with Crippen molar-refractivity contribution in [3.8, 4) is 23.1 Å². The van der Waals surface area contributed by atoms with Crippen LogP contribution in [0.25, 0.3) is 23.2 Å². The largest absolute Gasteiger partial charge is 0.460 e. The number of alkyl halides is 3. The topological polar surface area (TPSA) is 78.3 Å². The van der Waals surface area contributed by atoms with Crippen LogP contribution < -0.4 is 10.1 Å². The minimum atomic E-state index is -4.51. The molecule has 1 amide bonds. The predicted octanol–water partition coefficient (Wildman–Crippen LogP) is 5.63. The lowest BCUT2D eigenvalue weighted by Gasteiger charge is -2.10. The van der Waals surface area contributed by atoms with Crippen molar-refractivity contribution in [2.75, 3.05) is 25.6 Å². The maximum Gasteiger partial charge on any atom is 0.416 e. The van der Waals surface area contributed by atoms with Gasteiger partial charge in [0.1, 0.15) is 6.61 Å². The molecule has 10 heteroatoms. The van der Waals surface area contributed by atoms with Crippen LogP contribution in [0.5, 0.6) is 6.01 Å². The van der Waals surface area contributed by atoms with Crippen molar-refractivity contribution in [2.24, 2.45) is 0 Å². The molecule has 0 unspecified atom stereocenters. The summed E-state index contributed by atoms with van der Waals surface area (Å²) in [5.74, 6) is -0.142. The number of rotatable bonds is 9. The monoisotopic (exact) mass is 508 g/mol. The van der Waals surface area contributed by atoms with Crippen molar-refractivity contribution in [2.45, 2.75) is 6.18 Å². The number of methoxy groups -OCH3 is 1. The number of ether oxygens (including phenoxy) is 2. The maximum atomic E-state index is 13.3. The Hall–Kier alpha value is -4.44. The molecule has 0 aliphatic carbocycles. The van der Waals surface area contributed by atoms with Gasteiger partial charge in [-0.2, -0.15) is 18.2 Å². The number of hydrogen-bond acceptors (Lipinski definition) is 5. The molecule has 1 aromatic heterocycles. The standard InChI is InChI=1S/C27H23F3N4O3/c1-36-16-17-37-26-32-25(20-8-5-9-21(18-20)27(28,29)30)34(33-26)23-13-11-22(12-14-23)31-24(35)15-10-19-6-3-2-4-7-19/h2-15,18H,16-17H2,1H3,(H,31,35)/b15-10+. The Morgan fingerprint density at radius 1 is 1.00 bits per heavy atom. The summed E-state index contributed by atoms with van der Waals surface area (Å²) in [4.78, 5) is 16.6. The van der Waals surface area contributed by atoms with E-state index in [4.69, 9.17) is 9.47 Å². The summed E-state index contributed by atoms with van der Waals surface area (Å²) in [5.41, 5.74) is 1.35. The minimum Gasteiger partial charge on any atom is -0.460 e. The quantitative estimate of drug-likeness (QED) is 0.234. The highest BCUT2D eigenvalue weighted by Crippen LogP contribution is 2.33. The number of carbonyl (C=O) groups is 1. The predicted molar refractivity (Wildman–Crippen MR) is 133 cm³/mol. The van der Waals surface area contributed by atoms with Crippen molar-refractivity contribution >= 4 is 17.7 Å². The molecular weight excluding hydrogens is 485 g/mol. The van der Waals surface area contributed by atoms with Gasteiger partial charge in [0.15, 0.2) is 5.82 Å². The smallest absolute Gasteiger partial charge is 0.416 e. The van der Waals surface area contributed by atoms with Gasteiger partial charge in [0.05, 0.1) is 17.9 Å². The van der Waals surface area contributed by atoms with Gasteiger partial charge in [-0.15, -0.1) is 5.10 Å². The molecular formula is C27H23F3N4O3. The number of halogens is 3. The summed E-state index contributed by atoms with van der Waals surface area (Å²) in [6.07, 6.45) is -1.38. The number of amides is 1. The lowest BCUT2D eigenvalue weighted by molar-refractivity contribution is -0.137. The van der Waals surface area contributed by atoms with E-state index in [0.717, 1.165) is 17.7 Å². The average Bonchev–Trinajstić information content (AvgIpc) is 3.32. The van der Waals surface area contributed by atoms with Crippen LogP contribution in [0.15, 0.2) is 84.9 Å². The van der Waals surface area contributed by atoms with Gasteiger partial charge >= 0.3 is 12.2 Å². The molecule has 0 atom stereocenters. The fraction of sp³-hybridized carbons (Fsp3) is 0.148. The number of anilines is 1. The van der Waals surface area contributed by atoms with Crippen molar-refractivity contribution in [1.29, 1.82) is 0 Å². The Morgan fingerprint density at radius 2 is 1.76 bits per heavy atom. The first-order chi connectivity index (χ1) is 17.8. The normalized spacial score (nSPS) is 11.6. The number of nitrogens with zero attached hydrogens (tertiary/aromatic N) is 3. The summed E-state index contributed by atoms with van der Waals surface area (Å²) in [6, 6.07) is 20.9. The zero-order valence-electron chi connectivity index (χ0n) is 19.8. The average molecular weight is 509 g/mol. The van der Waals surface area contributed by atoms with Gasteiger partial charge in [-0.25, -0.2) is 4.68 Å². The molecule has 0 radical (unpaired) electrons. The van der Waals surface area contributed by atoms with Crippen molar-refractivity contribution < 1.29 is 27.4 Å². The fourth-order valence-electron chi connectivity index (χ4n) is 3.38. The molecule has 0 aliphatic rings. The van der Waals surface area contributed by atoms with Crippen LogP contribution in [-0.2, 0) is 15.7 Å². The van der Waals surface area contributed by atoms with E-state index in [1.807, 2.05) is 30.3 Å². The molecule has 4 rings (SSSR count). The van der Waals surface area contributed by atoms with Crippen molar-refractivity contribution in [1.82, 2.24) is 14.8 Å². The zero-order chi connectivity index (χ0) is 26.3. The Morgan fingerprint density at radius 3 is 2.46 bits per heavy atom. The van der Waals surface area contributed by atoms with Gasteiger partial charge in [-0.1, -0.05) is 42.5 Å². The van der Waals surface area contributed by atoms with Crippen molar-refractivity contribution in [3.05, 3.63) is 96.1 Å². The van der Waals surface area contributed by atoms with E-state index in [1.54, 1.807) is 30.3 Å². The summed E-state index contributed by atoms with van der Waals surface area (Å²) in [6.45, 7) is 0.463. The van der Waals surface area contributed by atoms with Crippen LogP contribution in [-0.4, -0.2) is 41.0 Å². The molecule has 3 aromatic carbocycles. The van der Waals surface area contributed by atoms with Crippen molar-refractivity contribution in [3.63, 3.8) is 0 Å². The molecule has 7 nitrogen and oxygen atoms in total. The SMILES string of the molecule is COCCOc1nc(-c2cccc(C(F)(F)F)c2)n(-c2ccc(NC(=O)/C=C/c3ccccc3)cc2)n1. The third kappa shape index (κ3) is 6.83. The minimum absolute atomic E-state index is 0.00658. The maximum absolute atomic E-state index is 13.3. The summed E-state index contributed by atoms with van der Waals surface area (Å²) in [5, 5.41) is 7.09. The zero-order valence-corrected chi connectivity index (χ0v) is 19.8. The van der Waals surface area contributed by atoms with Gasteiger partial charge in [0.2, 0.25) is 5.91 Å². The van der Waals surface area contributed by atoms with Gasteiger partial charge in [0, 0.05) is 24.4 Å². The van der Waals surface area contributed by atoms with Crippen LogP contribution >= 0.6 is 0 Å². The fourth-order valence-corrected chi connectivity index (χ4v) is 3.38. The molecule has 0 bridgehead atoms. The molecule has 0 saturated heterocycles. The molecule has 0 spiro atoms. The van der Waals surface area contributed by atoms with E-state index in [2.05, 4.69) is 15.4 Å². The number of nitrogens with one attached hydrogen (secondary N) is 1.